The molecule has 1 aliphatic heterocycles. The van der Waals surface area contributed by atoms with E-state index in [0.29, 0.717) is 18.8 Å². The molecular weight excluding hydrogens is 314 g/mol. The van der Waals surface area contributed by atoms with E-state index in [1.807, 2.05) is 9.58 Å². The van der Waals surface area contributed by atoms with Gasteiger partial charge < -0.3 is 9.64 Å². The number of hydrogen-bond acceptors (Lipinski definition) is 6. The molecule has 0 radical (unpaired) electrons. The van der Waals surface area contributed by atoms with Gasteiger partial charge in [0.2, 0.25) is 0 Å². The summed E-state index contributed by atoms with van der Waals surface area (Å²) in [7, 11) is 1.65. The molecule has 1 aliphatic carbocycles. The molecular formula is C15H19N5O2S. The lowest BCUT2D eigenvalue weighted by atomic mass is 10.0. The van der Waals surface area contributed by atoms with E-state index in [1.165, 1.54) is 24.2 Å². The molecule has 3 heterocycles. The molecule has 0 N–H and O–H groups in total. The average molecular weight is 333 g/mol. The van der Waals surface area contributed by atoms with Crippen LogP contribution in [0.5, 0.6) is 0 Å². The first-order chi connectivity index (χ1) is 11.3. The van der Waals surface area contributed by atoms with E-state index in [9.17, 15) is 4.79 Å². The van der Waals surface area contributed by atoms with Gasteiger partial charge in [0, 0.05) is 32.0 Å². The Bertz CT molecular complexity index is 695. The SMILES string of the molecule is COC[C@H]1c2nnn(CC3CC3)c2CCN1C(=O)c1cscn1. The van der Waals surface area contributed by atoms with Crippen LogP contribution in [0.3, 0.4) is 0 Å². The summed E-state index contributed by atoms with van der Waals surface area (Å²) >= 11 is 1.43. The summed E-state index contributed by atoms with van der Waals surface area (Å²) in [5, 5.41) is 10.5. The lowest BCUT2D eigenvalue weighted by molar-refractivity contribution is 0.0485. The fraction of sp³-hybridized carbons (Fsp3) is 0.600. The summed E-state index contributed by atoms with van der Waals surface area (Å²) in [6, 6.07) is -0.189. The topological polar surface area (TPSA) is 73.1 Å². The zero-order valence-corrected chi connectivity index (χ0v) is 13.8. The van der Waals surface area contributed by atoms with Crippen molar-refractivity contribution >= 4 is 17.2 Å². The normalized spacial score (nSPS) is 20.6. The molecule has 4 rings (SSSR count). The van der Waals surface area contributed by atoms with Gasteiger partial charge in [-0.15, -0.1) is 16.4 Å². The minimum atomic E-state index is -0.189. The van der Waals surface area contributed by atoms with Crippen molar-refractivity contribution in [1.82, 2.24) is 24.9 Å². The molecule has 122 valence electrons. The van der Waals surface area contributed by atoms with Gasteiger partial charge in [0.05, 0.1) is 17.8 Å². The highest BCUT2D eigenvalue weighted by Crippen LogP contribution is 2.34. The number of carbonyl (C=O) groups is 1. The van der Waals surface area contributed by atoms with Crippen molar-refractivity contribution in [2.75, 3.05) is 20.3 Å². The summed E-state index contributed by atoms with van der Waals surface area (Å²) in [4.78, 5) is 18.7. The zero-order chi connectivity index (χ0) is 15.8. The molecule has 1 atom stereocenters. The highest BCUT2D eigenvalue weighted by Gasteiger charge is 2.36. The predicted octanol–water partition coefficient (Wildman–Crippen LogP) is 1.53. The molecule has 0 unspecified atom stereocenters. The summed E-state index contributed by atoms with van der Waals surface area (Å²) in [5.74, 6) is 0.687. The predicted molar refractivity (Wildman–Crippen MR) is 84.2 cm³/mol. The van der Waals surface area contributed by atoms with Crippen LogP contribution in [0.25, 0.3) is 0 Å². The van der Waals surface area contributed by atoms with Crippen LogP contribution in [-0.4, -0.2) is 51.0 Å². The molecule has 7 nitrogen and oxygen atoms in total. The number of fused-ring (bicyclic) bond motifs is 1. The van der Waals surface area contributed by atoms with Crippen molar-refractivity contribution in [3.63, 3.8) is 0 Å². The minimum absolute atomic E-state index is 0.0595. The Hall–Kier alpha value is -1.80. The van der Waals surface area contributed by atoms with Gasteiger partial charge in [0.1, 0.15) is 17.4 Å². The summed E-state index contributed by atoms with van der Waals surface area (Å²) in [5.41, 5.74) is 4.20. The molecule has 0 spiro atoms. The zero-order valence-electron chi connectivity index (χ0n) is 13.0. The van der Waals surface area contributed by atoms with Gasteiger partial charge in [0.25, 0.3) is 5.91 Å². The van der Waals surface area contributed by atoms with E-state index < -0.39 is 0 Å². The number of amides is 1. The van der Waals surface area contributed by atoms with E-state index >= 15 is 0 Å². The molecule has 23 heavy (non-hydrogen) atoms. The first-order valence-corrected chi connectivity index (χ1v) is 8.82. The number of rotatable bonds is 5. The first-order valence-electron chi connectivity index (χ1n) is 7.88. The van der Waals surface area contributed by atoms with Crippen molar-refractivity contribution in [1.29, 1.82) is 0 Å². The van der Waals surface area contributed by atoms with E-state index in [0.717, 1.165) is 30.3 Å². The van der Waals surface area contributed by atoms with Crippen LogP contribution in [0.15, 0.2) is 10.9 Å². The number of ether oxygens (including phenoxy) is 1. The second-order valence-corrected chi connectivity index (χ2v) is 6.86. The second kappa shape index (κ2) is 6.01. The van der Waals surface area contributed by atoms with Gasteiger partial charge in [-0.25, -0.2) is 9.67 Å². The fourth-order valence-corrected chi connectivity index (χ4v) is 3.64. The number of carbonyl (C=O) groups excluding carboxylic acids is 1. The molecule has 1 fully saturated rings. The summed E-state index contributed by atoms with van der Waals surface area (Å²) in [6.07, 6.45) is 3.35. The van der Waals surface area contributed by atoms with E-state index in [2.05, 4.69) is 15.3 Å². The van der Waals surface area contributed by atoms with E-state index in [1.54, 1.807) is 18.0 Å². The summed E-state index contributed by atoms with van der Waals surface area (Å²) < 4.78 is 7.38. The Morgan fingerprint density at radius 1 is 1.48 bits per heavy atom. The van der Waals surface area contributed by atoms with E-state index in [4.69, 9.17) is 4.74 Å². The molecule has 2 aromatic heterocycles. The number of thiazole rings is 1. The Balaban J connectivity index is 1.62. The van der Waals surface area contributed by atoms with Crippen molar-refractivity contribution in [2.45, 2.75) is 31.8 Å². The molecule has 0 saturated heterocycles. The molecule has 0 aromatic carbocycles. The maximum absolute atomic E-state index is 12.7. The molecule has 2 aliphatic rings. The fourth-order valence-electron chi connectivity index (χ4n) is 3.12. The highest BCUT2D eigenvalue weighted by atomic mass is 32.1. The smallest absolute Gasteiger partial charge is 0.273 e. The van der Waals surface area contributed by atoms with Gasteiger partial charge in [0.15, 0.2) is 0 Å². The third-order valence-electron chi connectivity index (χ3n) is 4.51. The standard InChI is InChI=1S/C15H19N5O2S/c1-22-7-13-14-12(20(18-17-14)6-10-2-3-10)4-5-19(13)15(21)11-8-23-9-16-11/h8-10,13H,2-7H2,1H3/t13-/m0/s1. The Labute approximate surface area is 138 Å². The van der Waals surface area contributed by atoms with Crippen molar-refractivity contribution in [3.05, 3.63) is 28.0 Å². The lowest BCUT2D eigenvalue weighted by Crippen LogP contribution is -2.42. The third-order valence-corrected chi connectivity index (χ3v) is 5.10. The van der Waals surface area contributed by atoms with E-state index in [-0.39, 0.29) is 11.9 Å². The maximum atomic E-state index is 12.7. The number of aromatic nitrogens is 4. The lowest BCUT2D eigenvalue weighted by Gasteiger charge is -2.34. The minimum Gasteiger partial charge on any atom is -0.382 e. The molecule has 1 saturated carbocycles. The van der Waals surface area contributed by atoms with Crippen LogP contribution in [0, 0.1) is 5.92 Å². The van der Waals surface area contributed by atoms with Crippen LogP contribution >= 0.6 is 11.3 Å². The first kappa shape index (κ1) is 14.8. The van der Waals surface area contributed by atoms with Crippen LogP contribution in [0.2, 0.25) is 0 Å². The number of nitrogens with zero attached hydrogens (tertiary/aromatic N) is 5. The molecule has 1 amide bonds. The van der Waals surface area contributed by atoms with Crippen molar-refractivity contribution in [3.8, 4) is 0 Å². The Morgan fingerprint density at radius 2 is 2.35 bits per heavy atom. The molecule has 2 aromatic rings. The Kier molecular flexibility index (Phi) is 3.86. The second-order valence-electron chi connectivity index (χ2n) is 6.14. The van der Waals surface area contributed by atoms with Gasteiger partial charge >= 0.3 is 0 Å². The van der Waals surface area contributed by atoms with Gasteiger partial charge in [-0.3, -0.25) is 4.79 Å². The third kappa shape index (κ3) is 2.76. The number of methoxy groups -OCH3 is 1. The Morgan fingerprint density at radius 3 is 3.04 bits per heavy atom. The number of hydrogen-bond donors (Lipinski definition) is 0. The van der Waals surface area contributed by atoms with Crippen molar-refractivity contribution < 1.29 is 9.53 Å². The quantitative estimate of drug-likeness (QED) is 0.830. The summed E-state index contributed by atoms with van der Waals surface area (Å²) in [6.45, 7) is 2.02. The maximum Gasteiger partial charge on any atom is 0.273 e. The molecule has 8 heteroatoms. The van der Waals surface area contributed by atoms with Crippen LogP contribution < -0.4 is 0 Å². The largest absolute Gasteiger partial charge is 0.382 e. The van der Waals surface area contributed by atoms with Gasteiger partial charge in [-0.1, -0.05) is 5.21 Å². The van der Waals surface area contributed by atoms with Crippen LogP contribution in [0.1, 0.15) is 40.8 Å². The average Bonchev–Trinajstić information content (AvgIpc) is 3.05. The van der Waals surface area contributed by atoms with Crippen molar-refractivity contribution in [2.24, 2.45) is 5.92 Å². The monoisotopic (exact) mass is 333 g/mol. The molecule has 0 bridgehead atoms. The van der Waals surface area contributed by atoms with Gasteiger partial charge in [-0.05, 0) is 18.8 Å². The highest BCUT2D eigenvalue weighted by molar-refractivity contribution is 7.07. The van der Waals surface area contributed by atoms with Crippen LogP contribution in [-0.2, 0) is 17.7 Å². The van der Waals surface area contributed by atoms with Crippen LogP contribution in [0.4, 0.5) is 0 Å². The van der Waals surface area contributed by atoms with Gasteiger partial charge in [-0.2, -0.15) is 0 Å².